The summed E-state index contributed by atoms with van der Waals surface area (Å²) in [5, 5.41) is 0. The van der Waals surface area contributed by atoms with Crippen molar-refractivity contribution >= 4 is 68.0 Å². The Morgan fingerprint density at radius 1 is 1.32 bits per heavy atom. The molecule has 0 unspecified atom stereocenters. The van der Waals surface area contributed by atoms with Gasteiger partial charge >= 0.3 is 5.97 Å². The monoisotopic (exact) mass is 418 g/mol. The third-order valence-electron chi connectivity index (χ3n) is 3.25. The maximum Gasteiger partial charge on any atom is 0.325 e. The number of fused-ring (bicyclic) bond motifs is 1. The Bertz CT molecular complexity index is 1050. The van der Waals surface area contributed by atoms with Crippen LogP contribution in [0, 0.1) is 5.82 Å². The minimum absolute atomic E-state index is 0.152. The molecule has 0 aliphatic carbocycles. The van der Waals surface area contributed by atoms with Crippen LogP contribution in [-0.4, -0.2) is 23.6 Å². The highest BCUT2D eigenvalue weighted by Gasteiger charge is 2.17. The number of halogens is 3. The highest BCUT2D eigenvalue weighted by atomic mass is 35.5. The van der Waals surface area contributed by atoms with Crippen LogP contribution in [0.2, 0.25) is 8.67 Å². The van der Waals surface area contributed by atoms with Gasteiger partial charge in [0.05, 0.1) is 27.2 Å². The number of benzene rings is 1. The molecule has 5 nitrogen and oxygen atoms in total. The van der Waals surface area contributed by atoms with Gasteiger partial charge in [-0.2, -0.15) is 4.99 Å². The van der Waals surface area contributed by atoms with E-state index >= 15 is 0 Å². The third-order valence-corrected chi connectivity index (χ3v) is 5.78. The van der Waals surface area contributed by atoms with Crippen molar-refractivity contribution in [1.82, 2.24) is 4.57 Å². The average Bonchev–Trinajstić information content (AvgIpc) is 3.08. The first-order valence-corrected chi connectivity index (χ1v) is 9.18. The fourth-order valence-corrected chi connectivity index (χ4v) is 4.64. The molecule has 1 amide bonds. The number of thiazole rings is 1. The molecule has 0 fully saturated rings. The first-order valence-electron chi connectivity index (χ1n) is 6.79. The second-order valence-corrected chi connectivity index (χ2v) is 8.08. The molecule has 2 aromatic heterocycles. The largest absolute Gasteiger partial charge is 0.468 e. The number of ether oxygens (including phenoxy) is 1. The molecule has 25 heavy (non-hydrogen) atoms. The third kappa shape index (κ3) is 3.62. The molecule has 0 radical (unpaired) electrons. The van der Waals surface area contributed by atoms with Gasteiger partial charge in [0.15, 0.2) is 4.80 Å². The number of hydrogen-bond donors (Lipinski definition) is 0. The number of rotatable bonds is 3. The maximum atomic E-state index is 14.2. The summed E-state index contributed by atoms with van der Waals surface area (Å²) < 4.78 is 21.3. The summed E-state index contributed by atoms with van der Waals surface area (Å²) in [5.41, 5.74) is 0.332. The Morgan fingerprint density at radius 2 is 2.08 bits per heavy atom. The molecule has 3 rings (SSSR count). The second-order valence-electron chi connectivity index (χ2n) is 4.79. The topological polar surface area (TPSA) is 60.7 Å². The summed E-state index contributed by atoms with van der Waals surface area (Å²) in [7, 11) is 1.23. The van der Waals surface area contributed by atoms with E-state index < -0.39 is 17.7 Å². The number of methoxy groups -OCH3 is 1. The van der Waals surface area contributed by atoms with Gasteiger partial charge in [-0.25, -0.2) is 4.39 Å². The van der Waals surface area contributed by atoms with Crippen LogP contribution in [0.4, 0.5) is 4.39 Å². The van der Waals surface area contributed by atoms with Gasteiger partial charge in [0.2, 0.25) is 0 Å². The van der Waals surface area contributed by atoms with Crippen molar-refractivity contribution in [2.45, 2.75) is 6.54 Å². The van der Waals surface area contributed by atoms with Gasteiger partial charge in [-0.05, 0) is 18.2 Å². The molecular weight excluding hydrogens is 410 g/mol. The maximum absolute atomic E-state index is 14.2. The zero-order valence-corrected chi connectivity index (χ0v) is 15.7. The summed E-state index contributed by atoms with van der Waals surface area (Å²) in [6.07, 6.45) is 0. The fourth-order valence-electron chi connectivity index (χ4n) is 2.15. The standard InChI is InChI=1S/C15H9Cl2FN2O3S2/c1-23-11(21)6-20-12-8(18)3-2-4-9(12)24-15(20)19-14(22)7-5-10(16)25-13(7)17/h2-5H,6H2,1H3. The van der Waals surface area contributed by atoms with E-state index in [1.54, 1.807) is 6.07 Å². The quantitative estimate of drug-likeness (QED) is 0.600. The molecule has 130 valence electrons. The van der Waals surface area contributed by atoms with Crippen LogP contribution in [0.5, 0.6) is 0 Å². The van der Waals surface area contributed by atoms with E-state index in [0.29, 0.717) is 9.04 Å². The van der Waals surface area contributed by atoms with Crippen LogP contribution in [0.1, 0.15) is 10.4 Å². The minimum Gasteiger partial charge on any atom is -0.468 e. The van der Waals surface area contributed by atoms with Gasteiger partial charge in [0.25, 0.3) is 5.91 Å². The Hall–Kier alpha value is -1.74. The zero-order valence-electron chi connectivity index (χ0n) is 12.6. The molecular formula is C15H9Cl2FN2O3S2. The fraction of sp³-hybridized carbons (Fsp3) is 0.133. The summed E-state index contributed by atoms with van der Waals surface area (Å²) in [5.74, 6) is -1.74. The molecule has 0 bridgehead atoms. The van der Waals surface area contributed by atoms with Crippen molar-refractivity contribution in [3.8, 4) is 0 Å². The molecule has 1 aromatic carbocycles. The highest BCUT2D eigenvalue weighted by Crippen LogP contribution is 2.31. The van der Waals surface area contributed by atoms with Crippen molar-refractivity contribution < 1.29 is 18.7 Å². The number of hydrogen-bond acceptors (Lipinski definition) is 5. The number of nitrogens with zero attached hydrogens (tertiary/aromatic N) is 2. The van der Waals surface area contributed by atoms with E-state index in [1.165, 1.54) is 29.9 Å². The summed E-state index contributed by atoms with van der Waals surface area (Å²) in [4.78, 5) is 28.2. The second kappa shape index (κ2) is 7.25. The van der Waals surface area contributed by atoms with Crippen molar-refractivity contribution in [3.05, 3.63) is 49.1 Å². The van der Waals surface area contributed by atoms with Crippen molar-refractivity contribution in [3.63, 3.8) is 0 Å². The van der Waals surface area contributed by atoms with E-state index in [0.717, 1.165) is 22.7 Å². The molecule has 0 aliphatic heterocycles. The lowest BCUT2D eigenvalue weighted by Gasteiger charge is -2.04. The lowest BCUT2D eigenvalue weighted by atomic mass is 10.3. The normalized spacial score (nSPS) is 11.9. The summed E-state index contributed by atoms with van der Waals surface area (Å²) >= 11 is 13.9. The Labute approximate surface area is 158 Å². The van der Waals surface area contributed by atoms with Crippen LogP contribution in [0.25, 0.3) is 10.2 Å². The number of aromatic nitrogens is 1. The van der Waals surface area contributed by atoms with E-state index in [1.807, 2.05) is 0 Å². The van der Waals surface area contributed by atoms with Gasteiger partial charge in [-0.15, -0.1) is 11.3 Å². The van der Waals surface area contributed by atoms with Crippen LogP contribution in [0.15, 0.2) is 29.3 Å². The average molecular weight is 419 g/mol. The predicted octanol–water partition coefficient (Wildman–Crippen LogP) is 4.12. The van der Waals surface area contributed by atoms with E-state index in [2.05, 4.69) is 9.73 Å². The van der Waals surface area contributed by atoms with Gasteiger partial charge in [-0.1, -0.05) is 40.6 Å². The molecule has 0 N–H and O–H groups in total. The number of thiophene rings is 1. The molecule has 0 spiro atoms. The van der Waals surface area contributed by atoms with Crippen LogP contribution >= 0.6 is 45.9 Å². The molecule has 0 saturated carbocycles. The molecule has 3 aromatic rings. The number of carbonyl (C=O) groups is 2. The first kappa shape index (κ1) is 18.1. The van der Waals surface area contributed by atoms with E-state index in [4.69, 9.17) is 23.2 Å². The smallest absolute Gasteiger partial charge is 0.325 e. The zero-order chi connectivity index (χ0) is 18.1. The highest BCUT2D eigenvalue weighted by molar-refractivity contribution is 7.20. The van der Waals surface area contributed by atoms with Crippen LogP contribution < -0.4 is 4.80 Å². The van der Waals surface area contributed by atoms with Gasteiger partial charge in [-0.3, -0.25) is 9.59 Å². The van der Waals surface area contributed by atoms with E-state index in [-0.39, 0.29) is 26.8 Å². The molecule has 0 atom stereocenters. The van der Waals surface area contributed by atoms with Crippen molar-refractivity contribution in [2.24, 2.45) is 4.99 Å². The Kier molecular flexibility index (Phi) is 5.24. The van der Waals surface area contributed by atoms with Gasteiger partial charge in [0.1, 0.15) is 16.7 Å². The lowest BCUT2D eigenvalue weighted by Crippen LogP contribution is -2.22. The molecule has 2 heterocycles. The number of esters is 1. The Balaban J connectivity index is 2.19. The first-order chi connectivity index (χ1) is 11.9. The number of carbonyl (C=O) groups excluding carboxylic acids is 2. The SMILES string of the molecule is COC(=O)Cn1c(=NC(=O)c2cc(Cl)sc2Cl)sc2cccc(F)c21. The van der Waals surface area contributed by atoms with Gasteiger partial charge in [0, 0.05) is 0 Å². The summed E-state index contributed by atoms with van der Waals surface area (Å²) in [6.45, 7) is -0.276. The van der Waals surface area contributed by atoms with Crippen molar-refractivity contribution in [2.75, 3.05) is 7.11 Å². The molecule has 10 heteroatoms. The van der Waals surface area contributed by atoms with Crippen molar-refractivity contribution in [1.29, 1.82) is 0 Å². The number of para-hydroxylation sites is 1. The predicted molar refractivity (Wildman–Crippen MR) is 96.0 cm³/mol. The van der Waals surface area contributed by atoms with Crippen LogP contribution in [-0.2, 0) is 16.1 Å². The Morgan fingerprint density at radius 3 is 2.72 bits per heavy atom. The van der Waals surface area contributed by atoms with Gasteiger partial charge < -0.3 is 9.30 Å². The van der Waals surface area contributed by atoms with Crippen LogP contribution in [0.3, 0.4) is 0 Å². The summed E-state index contributed by atoms with van der Waals surface area (Å²) in [6, 6.07) is 5.90. The van der Waals surface area contributed by atoms with E-state index in [9.17, 15) is 14.0 Å². The molecule has 0 saturated heterocycles. The molecule has 0 aliphatic rings. The minimum atomic E-state index is -0.626. The lowest BCUT2D eigenvalue weighted by molar-refractivity contribution is -0.141. The number of amides is 1.